The molecule has 19 heavy (non-hydrogen) atoms. The van der Waals surface area contributed by atoms with Gasteiger partial charge in [-0.25, -0.2) is 0 Å². The van der Waals surface area contributed by atoms with Crippen LogP contribution in [0.2, 0.25) is 0 Å². The normalized spacial score (nSPS) is 12.5. The molecule has 0 amide bonds. The van der Waals surface area contributed by atoms with Crippen LogP contribution in [0.1, 0.15) is 24.3 Å². The number of hydrogen-bond acceptors (Lipinski definition) is 3. The van der Waals surface area contributed by atoms with Gasteiger partial charge in [-0.15, -0.1) is 23.1 Å². The number of halogens is 1. The maximum Gasteiger partial charge on any atom is 0.0510 e. The summed E-state index contributed by atoms with van der Waals surface area (Å²) < 4.78 is 1.15. The van der Waals surface area contributed by atoms with Crippen LogP contribution >= 0.6 is 39.0 Å². The number of thiophene rings is 1. The van der Waals surface area contributed by atoms with Crippen molar-refractivity contribution in [3.05, 3.63) is 51.1 Å². The van der Waals surface area contributed by atoms with Gasteiger partial charge < -0.3 is 5.32 Å². The van der Waals surface area contributed by atoms with Crippen LogP contribution in [0, 0.1) is 0 Å². The van der Waals surface area contributed by atoms with E-state index in [1.54, 1.807) is 0 Å². The summed E-state index contributed by atoms with van der Waals surface area (Å²) in [4.78, 5) is 2.74. The lowest BCUT2D eigenvalue weighted by Crippen LogP contribution is -2.23. The van der Waals surface area contributed by atoms with E-state index < -0.39 is 0 Å². The molecule has 0 aliphatic carbocycles. The molecule has 0 bridgehead atoms. The van der Waals surface area contributed by atoms with Gasteiger partial charge in [0.2, 0.25) is 0 Å². The highest BCUT2D eigenvalue weighted by Gasteiger charge is 2.12. The van der Waals surface area contributed by atoms with Crippen LogP contribution in [0.15, 0.2) is 51.1 Å². The molecule has 4 heteroatoms. The zero-order valence-electron chi connectivity index (χ0n) is 10.9. The molecule has 1 nitrogen and oxygen atoms in total. The van der Waals surface area contributed by atoms with Crippen LogP contribution in [-0.2, 0) is 0 Å². The van der Waals surface area contributed by atoms with Crippen LogP contribution in [-0.4, -0.2) is 12.3 Å². The molecule has 1 aromatic carbocycles. The van der Waals surface area contributed by atoms with Crippen molar-refractivity contribution in [3.8, 4) is 0 Å². The van der Waals surface area contributed by atoms with E-state index in [0.29, 0.717) is 6.04 Å². The SMILES string of the molecule is CCCNC(CSc1cccc(Br)c1)c1cccs1. The first kappa shape index (κ1) is 15.1. The Labute approximate surface area is 131 Å². The summed E-state index contributed by atoms with van der Waals surface area (Å²) in [5, 5.41) is 5.79. The number of benzene rings is 1. The first-order valence-corrected chi connectivity index (χ1v) is 9.10. The van der Waals surface area contributed by atoms with E-state index in [0.717, 1.165) is 16.8 Å². The summed E-state index contributed by atoms with van der Waals surface area (Å²) >= 11 is 7.26. The van der Waals surface area contributed by atoms with Crippen molar-refractivity contribution in [2.75, 3.05) is 12.3 Å². The summed E-state index contributed by atoms with van der Waals surface area (Å²) in [5.41, 5.74) is 0. The molecule has 1 heterocycles. The van der Waals surface area contributed by atoms with Crippen molar-refractivity contribution in [2.45, 2.75) is 24.3 Å². The van der Waals surface area contributed by atoms with Crippen molar-refractivity contribution >= 4 is 39.0 Å². The maximum absolute atomic E-state index is 3.63. The van der Waals surface area contributed by atoms with E-state index in [4.69, 9.17) is 0 Å². The Balaban J connectivity index is 1.96. The Hall–Kier alpha value is -0.290. The summed E-state index contributed by atoms with van der Waals surface area (Å²) in [7, 11) is 0. The van der Waals surface area contributed by atoms with Crippen molar-refractivity contribution in [1.29, 1.82) is 0 Å². The highest BCUT2D eigenvalue weighted by atomic mass is 79.9. The van der Waals surface area contributed by atoms with Gasteiger partial charge in [0, 0.05) is 20.0 Å². The third-order valence-corrected chi connectivity index (χ3v) is 5.31. The molecule has 2 rings (SSSR count). The van der Waals surface area contributed by atoms with E-state index in [9.17, 15) is 0 Å². The minimum atomic E-state index is 0.448. The second kappa shape index (κ2) is 8.10. The molecule has 102 valence electrons. The van der Waals surface area contributed by atoms with Gasteiger partial charge in [-0.3, -0.25) is 0 Å². The standard InChI is InChI=1S/C15H18BrNS2/c1-2-8-17-14(15-7-4-9-18-15)11-19-13-6-3-5-12(16)10-13/h3-7,9-10,14,17H,2,8,11H2,1H3. The maximum atomic E-state index is 3.63. The highest BCUT2D eigenvalue weighted by Crippen LogP contribution is 2.28. The van der Waals surface area contributed by atoms with Gasteiger partial charge >= 0.3 is 0 Å². The fourth-order valence-electron chi connectivity index (χ4n) is 1.79. The highest BCUT2D eigenvalue weighted by molar-refractivity contribution is 9.10. The van der Waals surface area contributed by atoms with Crippen molar-refractivity contribution < 1.29 is 0 Å². The van der Waals surface area contributed by atoms with E-state index in [2.05, 4.69) is 69.9 Å². The molecular formula is C15H18BrNS2. The predicted molar refractivity (Wildman–Crippen MR) is 90.2 cm³/mol. The van der Waals surface area contributed by atoms with Gasteiger partial charge in [0.15, 0.2) is 0 Å². The molecule has 0 aliphatic rings. The van der Waals surface area contributed by atoms with Gasteiger partial charge in [-0.1, -0.05) is 35.0 Å². The Kier molecular flexibility index (Phi) is 6.44. The lowest BCUT2D eigenvalue weighted by molar-refractivity contribution is 0.585. The molecule has 0 aliphatic heterocycles. The van der Waals surface area contributed by atoms with Gasteiger partial charge in [-0.05, 0) is 42.6 Å². The predicted octanol–water partition coefficient (Wildman–Crippen LogP) is 5.34. The minimum Gasteiger partial charge on any atom is -0.309 e. The van der Waals surface area contributed by atoms with E-state index in [1.165, 1.54) is 16.2 Å². The van der Waals surface area contributed by atoms with E-state index >= 15 is 0 Å². The van der Waals surface area contributed by atoms with Crippen LogP contribution in [0.5, 0.6) is 0 Å². The third-order valence-electron chi connectivity index (χ3n) is 2.74. The van der Waals surface area contributed by atoms with Crippen molar-refractivity contribution in [3.63, 3.8) is 0 Å². The van der Waals surface area contributed by atoms with Crippen molar-refractivity contribution in [1.82, 2.24) is 5.32 Å². The van der Waals surface area contributed by atoms with Crippen molar-refractivity contribution in [2.24, 2.45) is 0 Å². The van der Waals surface area contributed by atoms with Crippen LogP contribution < -0.4 is 5.32 Å². The van der Waals surface area contributed by atoms with Gasteiger partial charge in [0.25, 0.3) is 0 Å². The van der Waals surface area contributed by atoms with E-state index in [1.807, 2.05) is 23.1 Å². The second-order valence-electron chi connectivity index (χ2n) is 4.29. The summed E-state index contributed by atoms with van der Waals surface area (Å²) in [6.07, 6.45) is 1.17. The zero-order chi connectivity index (χ0) is 13.5. The first-order valence-electron chi connectivity index (χ1n) is 6.44. The molecule has 0 fully saturated rings. The molecule has 1 aromatic heterocycles. The zero-order valence-corrected chi connectivity index (χ0v) is 14.2. The molecule has 0 radical (unpaired) electrons. The molecule has 0 saturated heterocycles. The molecule has 1 unspecified atom stereocenters. The third kappa shape index (κ3) is 4.95. The molecule has 1 atom stereocenters. The van der Waals surface area contributed by atoms with Crippen LogP contribution in [0.3, 0.4) is 0 Å². The Morgan fingerprint density at radius 1 is 1.32 bits per heavy atom. The number of nitrogens with one attached hydrogen (secondary N) is 1. The topological polar surface area (TPSA) is 12.0 Å². The monoisotopic (exact) mass is 355 g/mol. The fourth-order valence-corrected chi connectivity index (χ4v) is 4.29. The molecule has 2 aromatic rings. The second-order valence-corrected chi connectivity index (χ2v) is 7.28. The lowest BCUT2D eigenvalue weighted by Gasteiger charge is -2.16. The van der Waals surface area contributed by atoms with Gasteiger partial charge in [0.05, 0.1) is 6.04 Å². The van der Waals surface area contributed by atoms with Crippen LogP contribution in [0.4, 0.5) is 0 Å². The average Bonchev–Trinajstić information content (AvgIpc) is 2.93. The lowest BCUT2D eigenvalue weighted by atomic mass is 10.2. The number of thioether (sulfide) groups is 1. The summed E-state index contributed by atoms with van der Waals surface area (Å²) in [5.74, 6) is 1.07. The average molecular weight is 356 g/mol. The minimum absolute atomic E-state index is 0.448. The molecular weight excluding hydrogens is 338 g/mol. The number of rotatable bonds is 7. The first-order chi connectivity index (χ1) is 9.29. The van der Waals surface area contributed by atoms with Crippen LogP contribution in [0.25, 0.3) is 0 Å². The fraction of sp³-hybridized carbons (Fsp3) is 0.333. The Morgan fingerprint density at radius 2 is 2.21 bits per heavy atom. The quantitative estimate of drug-likeness (QED) is 0.672. The van der Waals surface area contributed by atoms with E-state index in [-0.39, 0.29) is 0 Å². The Bertz CT molecular complexity index is 485. The molecule has 1 N–H and O–H groups in total. The molecule has 0 spiro atoms. The molecule has 0 saturated carbocycles. The number of hydrogen-bond donors (Lipinski definition) is 1. The smallest absolute Gasteiger partial charge is 0.0510 e. The van der Waals surface area contributed by atoms with Gasteiger partial charge in [0.1, 0.15) is 0 Å². The summed E-state index contributed by atoms with van der Waals surface area (Å²) in [6.45, 7) is 3.28. The summed E-state index contributed by atoms with van der Waals surface area (Å²) in [6, 6.07) is 13.3. The Morgan fingerprint density at radius 3 is 2.89 bits per heavy atom. The largest absolute Gasteiger partial charge is 0.309 e. The van der Waals surface area contributed by atoms with Gasteiger partial charge in [-0.2, -0.15) is 0 Å².